The minimum absolute atomic E-state index is 0.0119. The maximum atomic E-state index is 13.7. The Hall–Kier alpha value is -3.06. The normalized spacial score (nSPS) is 13.0. The number of Topliss-reactive ketones (excluding diaryl/α,β-unsaturated/α-hetero) is 1. The maximum absolute atomic E-state index is 13.7. The average Bonchev–Trinajstić information content (AvgIpc) is 3.17. The molecule has 1 atom stereocenters. The summed E-state index contributed by atoms with van der Waals surface area (Å²) in [6.07, 6.45) is 6.51. The number of rotatable bonds is 8. The van der Waals surface area contributed by atoms with Crippen LogP contribution < -0.4 is 0 Å². The molecule has 0 radical (unpaired) electrons. The lowest BCUT2D eigenvalue weighted by Gasteiger charge is -2.22. The Bertz CT molecular complexity index is 1140. The van der Waals surface area contributed by atoms with Gasteiger partial charge in [-0.1, -0.05) is 46.3 Å². The molecule has 0 unspecified atom stereocenters. The van der Waals surface area contributed by atoms with Gasteiger partial charge >= 0.3 is 0 Å². The van der Waals surface area contributed by atoms with Gasteiger partial charge in [0, 0.05) is 42.5 Å². The molecule has 0 saturated heterocycles. The molecule has 0 saturated carbocycles. The summed E-state index contributed by atoms with van der Waals surface area (Å²) < 4.78 is 16.3. The zero-order chi connectivity index (χ0) is 22.4. The molecule has 0 fully saturated rings. The highest BCUT2D eigenvalue weighted by atomic mass is 79.9. The van der Waals surface area contributed by atoms with Crippen molar-refractivity contribution < 1.29 is 14.3 Å². The summed E-state index contributed by atoms with van der Waals surface area (Å²) in [5, 5.41) is 10.0. The SMILES string of the molecule is CN=CC(=O)/C(O)=C/c1nccn1CC[C@H](c1ccccc1C)c1ccc(F)cc1Br. The van der Waals surface area contributed by atoms with E-state index in [0.717, 1.165) is 22.9 Å². The molecule has 160 valence electrons. The Balaban J connectivity index is 1.91. The third-order valence-electron chi connectivity index (χ3n) is 5.07. The first-order chi connectivity index (χ1) is 14.9. The molecule has 31 heavy (non-hydrogen) atoms. The van der Waals surface area contributed by atoms with Crippen LogP contribution in [0.3, 0.4) is 0 Å². The Morgan fingerprint density at radius 2 is 2.06 bits per heavy atom. The minimum atomic E-state index is -0.579. The predicted octanol–water partition coefficient (Wildman–Crippen LogP) is 5.48. The van der Waals surface area contributed by atoms with E-state index < -0.39 is 11.5 Å². The number of hydrogen-bond donors (Lipinski definition) is 1. The molecule has 7 heteroatoms. The first-order valence-corrected chi connectivity index (χ1v) is 10.6. The van der Waals surface area contributed by atoms with E-state index in [-0.39, 0.29) is 11.7 Å². The van der Waals surface area contributed by atoms with Crippen molar-refractivity contribution >= 4 is 34.0 Å². The fourth-order valence-corrected chi connectivity index (χ4v) is 4.16. The summed E-state index contributed by atoms with van der Waals surface area (Å²) >= 11 is 3.51. The van der Waals surface area contributed by atoms with Crippen molar-refractivity contribution in [1.29, 1.82) is 0 Å². The molecule has 2 aromatic carbocycles. The van der Waals surface area contributed by atoms with Gasteiger partial charge in [-0.25, -0.2) is 9.37 Å². The van der Waals surface area contributed by atoms with Crippen LogP contribution in [0.1, 0.15) is 34.9 Å². The van der Waals surface area contributed by atoms with Crippen molar-refractivity contribution in [3.05, 3.63) is 93.4 Å². The van der Waals surface area contributed by atoms with E-state index >= 15 is 0 Å². The number of imidazole rings is 1. The van der Waals surface area contributed by atoms with Crippen LogP contribution in [0, 0.1) is 12.7 Å². The zero-order valence-electron chi connectivity index (χ0n) is 17.3. The Morgan fingerprint density at radius 3 is 2.77 bits per heavy atom. The topological polar surface area (TPSA) is 67.5 Å². The van der Waals surface area contributed by atoms with Crippen LogP contribution in [0.2, 0.25) is 0 Å². The number of allylic oxidation sites excluding steroid dienone is 1. The van der Waals surface area contributed by atoms with Crippen LogP contribution in [0.25, 0.3) is 6.08 Å². The number of aliphatic hydroxyl groups is 1. The molecule has 1 aromatic heterocycles. The van der Waals surface area contributed by atoms with E-state index in [0.29, 0.717) is 23.3 Å². The van der Waals surface area contributed by atoms with Crippen molar-refractivity contribution in [1.82, 2.24) is 9.55 Å². The number of halogens is 2. The lowest BCUT2D eigenvalue weighted by atomic mass is 9.86. The molecular weight excluding hydrogens is 461 g/mol. The van der Waals surface area contributed by atoms with Crippen molar-refractivity contribution in [2.24, 2.45) is 4.99 Å². The van der Waals surface area contributed by atoms with Gasteiger partial charge in [-0.3, -0.25) is 9.79 Å². The number of benzene rings is 2. The first kappa shape index (κ1) is 22.6. The quantitative estimate of drug-likeness (QED) is 0.262. The number of carbonyl (C=O) groups is 1. The van der Waals surface area contributed by atoms with Gasteiger partial charge in [-0.2, -0.15) is 0 Å². The number of aliphatic imine (C=N–C) groups is 1. The number of aromatic nitrogens is 2. The maximum Gasteiger partial charge on any atom is 0.237 e. The Kier molecular flexibility index (Phi) is 7.52. The summed E-state index contributed by atoms with van der Waals surface area (Å²) in [6.45, 7) is 2.64. The third kappa shape index (κ3) is 5.55. The van der Waals surface area contributed by atoms with E-state index in [4.69, 9.17) is 0 Å². The van der Waals surface area contributed by atoms with Crippen molar-refractivity contribution in [3.63, 3.8) is 0 Å². The van der Waals surface area contributed by atoms with E-state index in [1.54, 1.807) is 18.5 Å². The van der Waals surface area contributed by atoms with Crippen LogP contribution in [-0.4, -0.2) is 33.7 Å². The fraction of sp³-hybridized carbons (Fsp3) is 0.208. The number of ketones is 1. The van der Waals surface area contributed by atoms with E-state index in [9.17, 15) is 14.3 Å². The molecule has 3 rings (SSSR count). The van der Waals surface area contributed by atoms with Gasteiger partial charge in [-0.15, -0.1) is 0 Å². The number of hydrogen-bond acceptors (Lipinski definition) is 4. The van der Waals surface area contributed by atoms with Gasteiger partial charge in [0.1, 0.15) is 11.6 Å². The first-order valence-electron chi connectivity index (χ1n) is 9.79. The van der Waals surface area contributed by atoms with Crippen LogP contribution >= 0.6 is 15.9 Å². The zero-order valence-corrected chi connectivity index (χ0v) is 18.9. The summed E-state index contributed by atoms with van der Waals surface area (Å²) in [5.74, 6) is -0.813. The standard InChI is InChI=1S/C24H23BrFN3O2/c1-16-5-3-4-6-18(16)19(20-8-7-17(26)13-21(20)25)9-11-29-12-10-28-24(29)14-22(30)23(31)15-27-2/h3-8,10,12-15,19,30H,9,11H2,1-2H3/b22-14-,27-15?/t19-/m1/s1. The summed E-state index contributed by atoms with van der Waals surface area (Å²) in [4.78, 5) is 19.6. The van der Waals surface area contributed by atoms with Crippen LogP contribution in [0.4, 0.5) is 4.39 Å². The number of aryl methyl sites for hydroxylation is 2. The lowest BCUT2D eigenvalue weighted by molar-refractivity contribution is -0.111. The Morgan fingerprint density at radius 1 is 1.29 bits per heavy atom. The van der Waals surface area contributed by atoms with Gasteiger partial charge < -0.3 is 9.67 Å². The van der Waals surface area contributed by atoms with Gasteiger partial charge in [0.15, 0.2) is 5.76 Å². The Labute approximate surface area is 189 Å². The predicted molar refractivity (Wildman–Crippen MR) is 124 cm³/mol. The molecule has 3 aromatic rings. The third-order valence-corrected chi connectivity index (χ3v) is 5.76. The largest absolute Gasteiger partial charge is 0.504 e. The number of carbonyl (C=O) groups excluding carboxylic acids is 1. The molecule has 0 aliphatic heterocycles. The summed E-state index contributed by atoms with van der Waals surface area (Å²) in [7, 11) is 1.46. The molecule has 5 nitrogen and oxygen atoms in total. The van der Waals surface area contributed by atoms with Crippen molar-refractivity contribution in [3.8, 4) is 0 Å². The second kappa shape index (κ2) is 10.3. The molecule has 0 spiro atoms. The molecule has 0 bridgehead atoms. The monoisotopic (exact) mass is 483 g/mol. The summed E-state index contributed by atoms with van der Waals surface area (Å²) in [6, 6.07) is 12.9. The van der Waals surface area contributed by atoms with Crippen LogP contribution in [-0.2, 0) is 11.3 Å². The highest BCUT2D eigenvalue weighted by Crippen LogP contribution is 2.35. The van der Waals surface area contributed by atoms with Crippen molar-refractivity contribution in [2.75, 3.05) is 7.05 Å². The molecule has 0 aliphatic rings. The number of nitrogens with zero attached hydrogens (tertiary/aromatic N) is 3. The van der Waals surface area contributed by atoms with Gasteiger partial charge in [0.25, 0.3) is 0 Å². The van der Waals surface area contributed by atoms with Crippen LogP contribution in [0.5, 0.6) is 0 Å². The van der Waals surface area contributed by atoms with E-state index in [1.165, 1.54) is 25.3 Å². The molecule has 1 N–H and O–H groups in total. The van der Waals surface area contributed by atoms with Crippen molar-refractivity contribution in [2.45, 2.75) is 25.8 Å². The minimum Gasteiger partial charge on any atom is -0.504 e. The van der Waals surface area contributed by atoms with Gasteiger partial charge in [0.2, 0.25) is 5.78 Å². The fourth-order valence-electron chi connectivity index (χ4n) is 3.54. The van der Waals surface area contributed by atoms with Gasteiger partial charge in [-0.05, 0) is 42.2 Å². The highest BCUT2D eigenvalue weighted by Gasteiger charge is 2.20. The number of aliphatic hydroxyl groups excluding tert-OH is 1. The average molecular weight is 484 g/mol. The molecular formula is C24H23BrFN3O2. The molecule has 1 heterocycles. The van der Waals surface area contributed by atoms with E-state index in [2.05, 4.69) is 45.0 Å². The second-order valence-corrected chi connectivity index (χ2v) is 7.98. The van der Waals surface area contributed by atoms with E-state index in [1.807, 2.05) is 16.7 Å². The summed E-state index contributed by atoms with van der Waals surface area (Å²) in [5.41, 5.74) is 3.30. The van der Waals surface area contributed by atoms with Crippen LogP contribution in [0.15, 0.2) is 70.1 Å². The van der Waals surface area contributed by atoms with Gasteiger partial charge in [0.05, 0.1) is 6.21 Å². The smallest absolute Gasteiger partial charge is 0.237 e. The lowest BCUT2D eigenvalue weighted by Crippen LogP contribution is -2.10. The molecule has 0 amide bonds. The second-order valence-electron chi connectivity index (χ2n) is 7.12. The highest BCUT2D eigenvalue weighted by molar-refractivity contribution is 9.10. The molecule has 0 aliphatic carbocycles.